The number of carbonyl (C=O) groups excluding carboxylic acids is 3. The molecule has 0 spiro atoms. The van der Waals surface area contributed by atoms with Crippen molar-refractivity contribution in [3.63, 3.8) is 0 Å². The van der Waals surface area contributed by atoms with Crippen molar-refractivity contribution in [1.82, 2.24) is 5.32 Å². The van der Waals surface area contributed by atoms with Crippen LogP contribution in [-0.2, 0) is 9.59 Å². The number of anilines is 2. The Kier molecular flexibility index (Phi) is 7.75. The first kappa shape index (κ1) is 30.6. The third kappa shape index (κ3) is 5.45. The minimum absolute atomic E-state index is 0.0895. The number of nitrogens with one attached hydrogen (secondary N) is 1. The zero-order chi connectivity index (χ0) is 33.6. The predicted octanol–water partition coefficient (Wildman–Crippen LogP) is 8.17. The van der Waals surface area contributed by atoms with Crippen LogP contribution in [0.5, 0.6) is 5.75 Å². The van der Waals surface area contributed by atoms with Gasteiger partial charge in [-0.2, -0.15) is 0 Å². The lowest BCUT2D eigenvalue weighted by molar-refractivity contribution is -0.122. The maximum Gasteiger partial charge on any atom is 0.335 e. The van der Waals surface area contributed by atoms with E-state index in [0.29, 0.717) is 17.0 Å². The lowest BCUT2D eigenvalue weighted by Crippen LogP contribution is -2.54. The first-order valence-electron chi connectivity index (χ1n) is 17.0. The van der Waals surface area contributed by atoms with Gasteiger partial charge >= 0.3 is 6.03 Å². The van der Waals surface area contributed by atoms with Crippen LogP contribution >= 0.6 is 0 Å². The molecule has 7 nitrogen and oxygen atoms in total. The minimum atomic E-state index is -0.758. The normalized spacial score (nSPS) is 19.7. The molecule has 0 unspecified atom stereocenters. The van der Waals surface area contributed by atoms with Crippen molar-refractivity contribution in [1.29, 1.82) is 0 Å². The van der Waals surface area contributed by atoms with Gasteiger partial charge in [-0.1, -0.05) is 91.0 Å². The molecule has 0 radical (unpaired) electrons. The lowest BCUT2D eigenvalue weighted by Gasteiger charge is -2.44. The second kappa shape index (κ2) is 12.4. The Morgan fingerprint density at radius 2 is 1.35 bits per heavy atom. The van der Waals surface area contributed by atoms with Crippen LogP contribution in [0.15, 0.2) is 115 Å². The Morgan fingerprint density at radius 1 is 0.755 bits per heavy atom. The molecule has 7 heteroatoms. The molecule has 49 heavy (non-hydrogen) atoms. The molecule has 0 aliphatic carbocycles. The number of rotatable bonds is 6. The van der Waals surface area contributed by atoms with Crippen LogP contribution in [0.4, 0.5) is 16.2 Å². The monoisotopic (exact) mass is 647 g/mol. The van der Waals surface area contributed by atoms with Crippen molar-refractivity contribution >= 4 is 46.1 Å². The summed E-state index contributed by atoms with van der Waals surface area (Å²) >= 11 is 0. The molecule has 1 fully saturated rings. The van der Waals surface area contributed by atoms with E-state index in [4.69, 9.17) is 4.74 Å². The van der Waals surface area contributed by atoms with Crippen LogP contribution in [0, 0.1) is 0 Å². The van der Waals surface area contributed by atoms with E-state index < -0.39 is 17.8 Å². The van der Waals surface area contributed by atoms with Gasteiger partial charge in [0.1, 0.15) is 11.3 Å². The van der Waals surface area contributed by atoms with E-state index in [1.807, 2.05) is 74.5 Å². The Labute approximate surface area is 285 Å². The molecule has 5 aromatic carbocycles. The van der Waals surface area contributed by atoms with Gasteiger partial charge in [-0.15, -0.1) is 0 Å². The molecule has 4 amide bonds. The van der Waals surface area contributed by atoms with E-state index in [1.54, 1.807) is 6.08 Å². The summed E-state index contributed by atoms with van der Waals surface area (Å²) in [4.78, 5) is 45.2. The van der Waals surface area contributed by atoms with Gasteiger partial charge in [0.15, 0.2) is 0 Å². The molecule has 2 atom stereocenters. The highest BCUT2D eigenvalue weighted by Gasteiger charge is 2.41. The van der Waals surface area contributed by atoms with Gasteiger partial charge in [0.25, 0.3) is 11.8 Å². The van der Waals surface area contributed by atoms with Crippen molar-refractivity contribution in [2.75, 3.05) is 22.9 Å². The van der Waals surface area contributed by atoms with E-state index in [-0.39, 0.29) is 23.5 Å². The third-order valence-electron chi connectivity index (χ3n) is 9.94. The molecule has 0 aromatic heterocycles. The fraction of sp³-hybridized carbons (Fsp3) is 0.214. The number of imide groups is 2. The highest BCUT2D eigenvalue weighted by Crippen LogP contribution is 2.50. The van der Waals surface area contributed by atoms with E-state index in [0.717, 1.165) is 52.7 Å². The van der Waals surface area contributed by atoms with Gasteiger partial charge in [0.05, 0.1) is 11.8 Å². The molecule has 3 aliphatic rings. The maximum absolute atomic E-state index is 14.5. The van der Waals surface area contributed by atoms with E-state index in [9.17, 15) is 14.4 Å². The summed E-state index contributed by atoms with van der Waals surface area (Å²) in [5.41, 5.74) is 6.71. The summed E-state index contributed by atoms with van der Waals surface area (Å²) in [6.07, 6.45) is 3.27. The number of ether oxygens (including phenoxy) is 1. The number of nitrogens with zero attached hydrogens (tertiary/aromatic N) is 2. The average molecular weight is 648 g/mol. The van der Waals surface area contributed by atoms with Gasteiger partial charge in [0.2, 0.25) is 0 Å². The van der Waals surface area contributed by atoms with Gasteiger partial charge < -0.3 is 9.64 Å². The highest BCUT2D eigenvalue weighted by atomic mass is 16.5. The SMILES string of the molecule is CC(C)Oc1ccc2ccccc2c1/C=C1\C(=O)NC(=O)N(c2cc3c4c(c2)[C@H](c2ccccc2)CCN4CC[C@@H]3c2ccccc2)C1=O. The lowest BCUT2D eigenvalue weighted by atomic mass is 9.76. The van der Waals surface area contributed by atoms with Crippen molar-refractivity contribution in [2.45, 2.75) is 44.6 Å². The Hall–Kier alpha value is -5.69. The van der Waals surface area contributed by atoms with E-state index in [1.165, 1.54) is 16.8 Å². The number of hydrogen-bond acceptors (Lipinski definition) is 5. The Balaban J connectivity index is 1.30. The Morgan fingerprint density at radius 3 is 1.96 bits per heavy atom. The molecule has 1 N–H and O–H groups in total. The second-order valence-electron chi connectivity index (χ2n) is 13.3. The molecule has 0 bridgehead atoms. The minimum Gasteiger partial charge on any atom is -0.490 e. The average Bonchev–Trinajstić information content (AvgIpc) is 3.11. The second-order valence-corrected chi connectivity index (χ2v) is 13.3. The molecule has 0 saturated carbocycles. The summed E-state index contributed by atoms with van der Waals surface area (Å²) in [5, 5.41) is 4.25. The molecule has 244 valence electrons. The molecule has 5 aromatic rings. The van der Waals surface area contributed by atoms with Crippen molar-refractivity contribution in [3.8, 4) is 5.75 Å². The van der Waals surface area contributed by atoms with Crippen LogP contribution in [0.1, 0.15) is 66.3 Å². The summed E-state index contributed by atoms with van der Waals surface area (Å²) < 4.78 is 6.14. The van der Waals surface area contributed by atoms with Gasteiger partial charge in [-0.25, -0.2) is 9.69 Å². The van der Waals surface area contributed by atoms with Crippen molar-refractivity contribution in [3.05, 3.63) is 143 Å². The topological polar surface area (TPSA) is 79.0 Å². The van der Waals surface area contributed by atoms with E-state index >= 15 is 0 Å². The number of carbonyl (C=O) groups is 3. The molecule has 8 rings (SSSR count). The smallest absolute Gasteiger partial charge is 0.335 e. The van der Waals surface area contributed by atoms with E-state index in [2.05, 4.69) is 58.7 Å². The summed E-state index contributed by atoms with van der Waals surface area (Å²) in [6, 6.07) is 35.7. The Bertz CT molecular complexity index is 2070. The zero-order valence-electron chi connectivity index (χ0n) is 27.6. The molecule has 1 saturated heterocycles. The molecular weight excluding hydrogens is 610 g/mol. The largest absolute Gasteiger partial charge is 0.490 e. The summed E-state index contributed by atoms with van der Waals surface area (Å²) in [7, 11) is 0. The molecule has 3 heterocycles. The fourth-order valence-electron chi connectivity index (χ4n) is 7.79. The number of barbiturate groups is 1. The predicted molar refractivity (Wildman–Crippen MR) is 193 cm³/mol. The first-order chi connectivity index (χ1) is 23.9. The quantitative estimate of drug-likeness (QED) is 0.149. The van der Waals surface area contributed by atoms with Crippen LogP contribution < -0.4 is 19.9 Å². The number of urea groups is 1. The van der Waals surface area contributed by atoms with Gasteiger partial charge in [-0.3, -0.25) is 14.9 Å². The summed E-state index contributed by atoms with van der Waals surface area (Å²) in [6.45, 7) is 5.72. The van der Waals surface area contributed by atoms with Crippen LogP contribution in [0.3, 0.4) is 0 Å². The fourth-order valence-corrected chi connectivity index (χ4v) is 7.79. The summed E-state index contributed by atoms with van der Waals surface area (Å²) in [5.74, 6) is -0.664. The van der Waals surface area contributed by atoms with Gasteiger partial charge in [0, 0.05) is 36.2 Å². The standard InChI is InChI=1S/C42H37N3O4/c1-26(2)49-38-18-17-29-15-9-10-16-31(29)34(38)25-37-40(46)43-42(48)45(41(37)47)30-23-35-32(27-11-5-3-6-12-27)19-21-44-22-20-33(36(24-30)39(35)44)28-13-7-4-8-14-28/h3-18,23-26,32-33H,19-22H2,1-2H3,(H,43,46,48)/b37-25+/t32-,33+. The van der Waals surface area contributed by atoms with Crippen LogP contribution in [0.2, 0.25) is 0 Å². The third-order valence-corrected chi connectivity index (χ3v) is 9.94. The number of hydrogen-bond donors (Lipinski definition) is 1. The molecule has 3 aliphatic heterocycles. The van der Waals surface area contributed by atoms with Crippen molar-refractivity contribution < 1.29 is 19.1 Å². The maximum atomic E-state index is 14.5. The molecular formula is C42H37N3O4. The number of fused-ring (bicyclic) bond motifs is 1. The van der Waals surface area contributed by atoms with Gasteiger partial charge in [-0.05, 0) is 84.0 Å². The van der Waals surface area contributed by atoms with Crippen LogP contribution in [-0.4, -0.2) is 37.0 Å². The first-order valence-corrected chi connectivity index (χ1v) is 17.0. The number of benzene rings is 5. The van der Waals surface area contributed by atoms with Crippen molar-refractivity contribution in [2.24, 2.45) is 0 Å². The number of amides is 4. The zero-order valence-corrected chi connectivity index (χ0v) is 27.6. The highest BCUT2D eigenvalue weighted by molar-refractivity contribution is 6.39. The van der Waals surface area contributed by atoms with Crippen LogP contribution in [0.25, 0.3) is 16.8 Å².